The van der Waals surface area contributed by atoms with Gasteiger partial charge in [0.2, 0.25) is 5.95 Å². The van der Waals surface area contributed by atoms with Gasteiger partial charge in [0.05, 0.1) is 29.0 Å². The first-order valence-corrected chi connectivity index (χ1v) is 10.5. The molecule has 1 amide bonds. The highest BCUT2D eigenvalue weighted by Crippen LogP contribution is 2.29. The van der Waals surface area contributed by atoms with Crippen LogP contribution in [0.3, 0.4) is 0 Å². The van der Waals surface area contributed by atoms with Gasteiger partial charge in [-0.25, -0.2) is 24.3 Å². The van der Waals surface area contributed by atoms with Crippen LogP contribution in [0.5, 0.6) is 0 Å². The molecule has 0 radical (unpaired) electrons. The highest BCUT2D eigenvalue weighted by Gasteiger charge is 2.33. The summed E-state index contributed by atoms with van der Waals surface area (Å²) in [5.41, 5.74) is 0.769. The number of hydrogen-bond acceptors (Lipinski definition) is 6. The summed E-state index contributed by atoms with van der Waals surface area (Å²) in [6.07, 6.45) is 8.10. The minimum absolute atomic E-state index is 0.0740. The Kier molecular flexibility index (Phi) is 6.36. The van der Waals surface area contributed by atoms with Gasteiger partial charge in [-0.15, -0.1) is 0 Å². The van der Waals surface area contributed by atoms with Crippen LogP contribution in [0, 0.1) is 11.7 Å². The number of aromatic nitrogens is 4. The van der Waals surface area contributed by atoms with Crippen molar-refractivity contribution in [1.82, 2.24) is 24.8 Å². The van der Waals surface area contributed by atoms with Gasteiger partial charge in [-0.3, -0.25) is 4.79 Å². The molecule has 1 fully saturated rings. The van der Waals surface area contributed by atoms with Crippen LogP contribution in [0.4, 0.5) is 10.3 Å². The first-order chi connectivity index (χ1) is 15.0. The van der Waals surface area contributed by atoms with Gasteiger partial charge in [-0.05, 0) is 43.0 Å². The number of nitrogens with zero attached hydrogens (tertiary/aromatic N) is 5. The summed E-state index contributed by atoms with van der Waals surface area (Å²) in [4.78, 5) is 32.2. The van der Waals surface area contributed by atoms with Crippen LogP contribution < -0.4 is 5.32 Å². The molecule has 2 aromatic heterocycles. The lowest BCUT2D eigenvalue weighted by atomic mass is 9.89. The molecular formula is C22H22ClFN6O. The van der Waals surface area contributed by atoms with Crippen molar-refractivity contribution in [3.05, 3.63) is 65.5 Å². The van der Waals surface area contributed by atoms with E-state index in [0.717, 1.165) is 12.8 Å². The Labute approximate surface area is 184 Å². The molecule has 1 aliphatic rings. The average molecular weight is 441 g/mol. The van der Waals surface area contributed by atoms with Gasteiger partial charge < -0.3 is 10.2 Å². The van der Waals surface area contributed by atoms with Crippen molar-refractivity contribution in [3.63, 3.8) is 0 Å². The van der Waals surface area contributed by atoms with E-state index >= 15 is 0 Å². The molecule has 4 rings (SSSR count). The maximum Gasteiger partial charge on any atom is 0.254 e. The molecule has 0 bridgehead atoms. The largest absolute Gasteiger partial charge is 0.352 e. The highest BCUT2D eigenvalue weighted by molar-refractivity contribution is 6.30. The molecule has 3 aromatic rings. The molecule has 0 aliphatic carbocycles. The molecule has 9 heteroatoms. The summed E-state index contributed by atoms with van der Waals surface area (Å²) in [6.45, 7) is 3.23. The molecule has 1 N–H and O–H groups in total. The number of carbonyl (C=O) groups excluding carboxylic acids is 1. The quantitative estimate of drug-likeness (QED) is 0.643. The van der Waals surface area contributed by atoms with E-state index in [-0.39, 0.29) is 17.9 Å². The lowest BCUT2D eigenvalue weighted by molar-refractivity contribution is 0.0540. The normalized spacial score (nSPS) is 18.6. The summed E-state index contributed by atoms with van der Waals surface area (Å²) < 4.78 is 14.0. The van der Waals surface area contributed by atoms with Gasteiger partial charge >= 0.3 is 0 Å². The lowest BCUT2D eigenvalue weighted by Crippen LogP contribution is -2.51. The molecule has 1 aliphatic heterocycles. The summed E-state index contributed by atoms with van der Waals surface area (Å²) in [5.74, 6) is 0.436. The number of halogens is 2. The molecule has 2 unspecified atom stereocenters. The third-order valence-corrected chi connectivity index (χ3v) is 5.68. The van der Waals surface area contributed by atoms with Gasteiger partial charge in [0.15, 0.2) is 5.82 Å². The van der Waals surface area contributed by atoms with Crippen LogP contribution in [0.25, 0.3) is 11.4 Å². The van der Waals surface area contributed by atoms with Crippen LogP contribution in [-0.4, -0.2) is 49.9 Å². The highest BCUT2D eigenvalue weighted by atomic mass is 35.5. The smallest absolute Gasteiger partial charge is 0.254 e. The number of rotatable bonds is 5. The first-order valence-electron chi connectivity index (χ1n) is 10.1. The van der Waals surface area contributed by atoms with Crippen molar-refractivity contribution < 1.29 is 9.18 Å². The average Bonchev–Trinajstić information content (AvgIpc) is 2.79. The van der Waals surface area contributed by atoms with Crippen molar-refractivity contribution in [2.24, 2.45) is 5.92 Å². The molecule has 1 aromatic carbocycles. The minimum Gasteiger partial charge on any atom is -0.352 e. The van der Waals surface area contributed by atoms with Gasteiger partial charge in [0.25, 0.3) is 5.91 Å². The number of piperidine rings is 1. The van der Waals surface area contributed by atoms with E-state index in [1.54, 1.807) is 18.5 Å². The predicted octanol–water partition coefficient (Wildman–Crippen LogP) is 4.08. The standard InChI is InChI=1S/C22H22ClFN6O/c1-14-4-2-9-30(19(14)13-29-22-27-11-15(23)12-28-22)21(31)17-6-5-16(24)10-18(17)20-25-7-3-8-26-20/h3,5-8,10-12,14,19H,2,4,9,13H2,1H3,(H,27,28,29). The maximum atomic E-state index is 14.0. The maximum absolute atomic E-state index is 14.0. The summed E-state index contributed by atoms with van der Waals surface area (Å²) in [7, 11) is 0. The van der Waals surface area contributed by atoms with Gasteiger partial charge in [0, 0.05) is 31.0 Å². The van der Waals surface area contributed by atoms with Crippen LogP contribution >= 0.6 is 11.6 Å². The van der Waals surface area contributed by atoms with E-state index in [0.29, 0.717) is 41.0 Å². The summed E-state index contributed by atoms with van der Waals surface area (Å²) in [5, 5.41) is 3.66. The van der Waals surface area contributed by atoms with Crippen molar-refractivity contribution in [3.8, 4) is 11.4 Å². The molecule has 2 atom stereocenters. The molecule has 160 valence electrons. The second-order valence-corrected chi connectivity index (χ2v) is 7.99. The molecular weight excluding hydrogens is 419 g/mol. The number of likely N-dealkylation sites (tertiary alicyclic amines) is 1. The zero-order valence-corrected chi connectivity index (χ0v) is 17.8. The molecule has 1 saturated heterocycles. The molecule has 7 nitrogen and oxygen atoms in total. The van der Waals surface area contributed by atoms with Crippen LogP contribution in [0.1, 0.15) is 30.1 Å². The Morgan fingerprint density at radius 3 is 2.71 bits per heavy atom. The van der Waals surface area contributed by atoms with Crippen molar-refractivity contribution in [2.45, 2.75) is 25.8 Å². The number of amides is 1. The third kappa shape index (κ3) is 4.80. The SMILES string of the molecule is CC1CCCN(C(=O)c2ccc(F)cc2-c2ncccn2)C1CNc1ncc(Cl)cn1. The third-order valence-electron chi connectivity index (χ3n) is 5.48. The second kappa shape index (κ2) is 9.34. The zero-order valence-electron chi connectivity index (χ0n) is 17.0. The molecule has 3 heterocycles. The van der Waals surface area contributed by atoms with E-state index in [1.165, 1.54) is 30.6 Å². The monoisotopic (exact) mass is 440 g/mol. The second-order valence-electron chi connectivity index (χ2n) is 7.55. The zero-order chi connectivity index (χ0) is 21.8. The lowest BCUT2D eigenvalue weighted by Gasteiger charge is -2.40. The number of carbonyl (C=O) groups is 1. The fourth-order valence-corrected chi connectivity index (χ4v) is 3.99. The predicted molar refractivity (Wildman–Crippen MR) is 116 cm³/mol. The fraction of sp³-hybridized carbons (Fsp3) is 0.318. The van der Waals surface area contributed by atoms with Crippen LogP contribution in [-0.2, 0) is 0 Å². The van der Waals surface area contributed by atoms with E-state index in [2.05, 4.69) is 32.2 Å². The Balaban J connectivity index is 1.61. The van der Waals surface area contributed by atoms with Crippen molar-refractivity contribution in [1.29, 1.82) is 0 Å². The van der Waals surface area contributed by atoms with E-state index in [1.807, 2.05) is 4.90 Å². The molecule has 0 spiro atoms. The van der Waals surface area contributed by atoms with Crippen molar-refractivity contribution >= 4 is 23.5 Å². The van der Waals surface area contributed by atoms with Gasteiger partial charge in [-0.1, -0.05) is 18.5 Å². The number of anilines is 1. The number of hydrogen-bond donors (Lipinski definition) is 1. The van der Waals surface area contributed by atoms with Crippen LogP contribution in [0.15, 0.2) is 49.1 Å². The van der Waals surface area contributed by atoms with E-state index < -0.39 is 5.82 Å². The fourth-order valence-electron chi connectivity index (χ4n) is 3.89. The Hall–Kier alpha value is -3.13. The van der Waals surface area contributed by atoms with E-state index in [9.17, 15) is 9.18 Å². The number of nitrogens with one attached hydrogen (secondary N) is 1. The Morgan fingerprint density at radius 1 is 1.23 bits per heavy atom. The molecule has 31 heavy (non-hydrogen) atoms. The first kappa shape index (κ1) is 21.1. The summed E-state index contributed by atoms with van der Waals surface area (Å²) in [6, 6.07) is 5.72. The number of benzene rings is 1. The Morgan fingerprint density at radius 2 is 1.97 bits per heavy atom. The van der Waals surface area contributed by atoms with Crippen molar-refractivity contribution in [2.75, 3.05) is 18.4 Å². The van der Waals surface area contributed by atoms with Crippen LogP contribution in [0.2, 0.25) is 5.02 Å². The van der Waals surface area contributed by atoms with E-state index in [4.69, 9.17) is 11.6 Å². The summed E-state index contributed by atoms with van der Waals surface area (Å²) >= 11 is 5.85. The van der Waals surface area contributed by atoms with Gasteiger partial charge in [0.1, 0.15) is 5.82 Å². The van der Waals surface area contributed by atoms with Gasteiger partial charge in [-0.2, -0.15) is 0 Å². The molecule has 0 saturated carbocycles. The Bertz CT molecular complexity index is 1050. The topological polar surface area (TPSA) is 83.9 Å². The minimum atomic E-state index is -0.441.